The van der Waals surface area contributed by atoms with E-state index in [0.29, 0.717) is 10.6 Å². The van der Waals surface area contributed by atoms with Gasteiger partial charge in [0.15, 0.2) is 0 Å². The SMILES string of the molecule is NC1CCCc2nc(-c3ccccc3OC(F)(F)F)sc21. The van der Waals surface area contributed by atoms with Crippen LogP contribution in [0.4, 0.5) is 13.2 Å². The number of benzene rings is 1. The van der Waals surface area contributed by atoms with Gasteiger partial charge in [-0.2, -0.15) is 0 Å². The molecular weight excluding hydrogens is 301 g/mol. The topological polar surface area (TPSA) is 48.1 Å². The molecular formula is C14H13F3N2OS. The van der Waals surface area contributed by atoms with E-state index in [1.54, 1.807) is 12.1 Å². The maximum atomic E-state index is 12.5. The quantitative estimate of drug-likeness (QED) is 0.910. The van der Waals surface area contributed by atoms with Crippen LogP contribution in [0.2, 0.25) is 0 Å². The molecule has 0 saturated heterocycles. The Bertz CT molecular complexity index is 654. The minimum atomic E-state index is -4.72. The number of hydrogen-bond acceptors (Lipinski definition) is 4. The van der Waals surface area contributed by atoms with Crippen LogP contribution in [0.1, 0.15) is 29.5 Å². The summed E-state index contributed by atoms with van der Waals surface area (Å²) in [5.41, 5.74) is 7.28. The molecule has 2 N–H and O–H groups in total. The number of fused-ring (bicyclic) bond motifs is 1. The zero-order valence-corrected chi connectivity index (χ0v) is 11.8. The summed E-state index contributed by atoms with van der Waals surface area (Å²) < 4.78 is 41.5. The van der Waals surface area contributed by atoms with E-state index >= 15 is 0 Å². The Kier molecular flexibility index (Phi) is 3.62. The number of nitrogens with two attached hydrogens (primary N) is 1. The largest absolute Gasteiger partial charge is 0.573 e. The van der Waals surface area contributed by atoms with E-state index in [4.69, 9.17) is 5.73 Å². The van der Waals surface area contributed by atoms with Gasteiger partial charge in [-0.3, -0.25) is 0 Å². The molecule has 0 radical (unpaired) electrons. The molecule has 0 bridgehead atoms. The first-order valence-electron chi connectivity index (χ1n) is 6.54. The molecule has 0 fully saturated rings. The second-order valence-corrected chi connectivity index (χ2v) is 5.90. The molecule has 1 unspecified atom stereocenters. The number of para-hydroxylation sites is 1. The predicted octanol–water partition coefficient (Wildman–Crippen LogP) is 4.04. The number of aryl methyl sites for hydroxylation is 1. The fourth-order valence-electron chi connectivity index (χ4n) is 2.43. The van der Waals surface area contributed by atoms with Crippen LogP contribution in [-0.2, 0) is 6.42 Å². The number of ether oxygens (including phenoxy) is 1. The van der Waals surface area contributed by atoms with Gasteiger partial charge in [-0.05, 0) is 31.4 Å². The molecule has 2 aromatic rings. The second-order valence-electron chi connectivity index (χ2n) is 4.87. The highest BCUT2D eigenvalue weighted by atomic mass is 32.1. The minimum Gasteiger partial charge on any atom is -0.405 e. The summed E-state index contributed by atoms with van der Waals surface area (Å²) in [6, 6.07) is 5.97. The highest BCUT2D eigenvalue weighted by Gasteiger charge is 2.33. The Morgan fingerprint density at radius 2 is 2.05 bits per heavy atom. The van der Waals surface area contributed by atoms with Crippen molar-refractivity contribution in [2.24, 2.45) is 5.73 Å². The molecule has 7 heteroatoms. The zero-order valence-electron chi connectivity index (χ0n) is 11.0. The summed E-state index contributed by atoms with van der Waals surface area (Å²) in [5, 5.41) is 0.525. The number of hydrogen-bond donors (Lipinski definition) is 1. The highest BCUT2D eigenvalue weighted by molar-refractivity contribution is 7.15. The van der Waals surface area contributed by atoms with Crippen molar-refractivity contribution < 1.29 is 17.9 Å². The maximum absolute atomic E-state index is 12.5. The third-order valence-corrected chi connectivity index (χ3v) is 4.60. The Morgan fingerprint density at radius 3 is 2.76 bits per heavy atom. The highest BCUT2D eigenvalue weighted by Crippen LogP contribution is 2.40. The van der Waals surface area contributed by atoms with Crippen LogP contribution in [0.3, 0.4) is 0 Å². The first-order valence-corrected chi connectivity index (χ1v) is 7.36. The van der Waals surface area contributed by atoms with Gasteiger partial charge in [0, 0.05) is 10.9 Å². The molecule has 0 spiro atoms. The van der Waals surface area contributed by atoms with Crippen molar-refractivity contribution in [1.29, 1.82) is 0 Å². The summed E-state index contributed by atoms with van der Waals surface area (Å²) in [4.78, 5) is 5.42. The van der Waals surface area contributed by atoms with Crippen LogP contribution in [-0.4, -0.2) is 11.3 Å². The molecule has 21 heavy (non-hydrogen) atoms. The maximum Gasteiger partial charge on any atom is 0.573 e. The summed E-state index contributed by atoms with van der Waals surface area (Å²) in [5.74, 6) is -0.232. The van der Waals surface area contributed by atoms with Gasteiger partial charge in [-0.1, -0.05) is 12.1 Å². The average Bonchev–Trinajstić information content (AvgIpc) is 2.83. The van der Waals surface area contributed by atoms with Gasteiger partial charge < -0.3 is 10.5 Å². The molecule has 112 valence electrons. The molecule has 1 aromatic carbocycles. The third kappa shape index (κ3) is 3.03. The first kappa shape index (κ1) is 14.3. The van der Waals surface area contributed by atoms with Crippen molar-refractivity contribution in [2.45, 2.75) is 31.7 Å². The summed E-state index contributed by atoms with van der Waals surface area (Å²) in [6.07, 6.45) is -2.06. The Labute approximate surface area is 123 Å². The van der Waals surface area contributed by atoms with Crippen molar-refractivity contribution >= 4 is 11.3 Å². The number of nitrogens with zero attached hydrogens (tertiary/aromatic N) is 1. The summed E-state index contributed by atoms with van der Waals surface area (Å²) >= 11 is 1.35. The van der Waals surface area contributed by atoms with Gasteiger partial charge in [-0.25, -0.2) is 4.98 Å². The summed E-state index contributed by atoms with van der Waals surface area (Å²) in [6.45, 7) is 0. The number of rotatable bonds is 2. The van der Waals surface area contributed by atoms with E-state index in [2.05, 4.69) is 9.72 Å². The molecule has 1 heterocycles. The van der Waals surface area contributed by atoms with Crippen LogP contribution in [0.25, 0.3) is 10.6 Å². The van der Waals surface area contributed by atoms with Crippen molar-refractivity contribution in [3.8, 4) is 16.3 Å². The Balaban J connectivity index is 2.01. The van der Waals surface area contributed by atoms with E-state index in [0.717, 1.165) is 29.8 Å². The summed E-state index contributed by atoms with van der Waals surface area (Å²) in [7, 11) is 0. The van der Waals surface area contributed by atoms with Crippen LogP contribution in [0.15, 0.2) is 24.3 Å². The minimum absolute atomic E-state index is 0.0734. The normalized spacial score (nSPS) is 18.4. The molecule has 1 aliphatic carbocycles. The van der Waals surface area contributed by atoms with Crippen LogP contribution < -0.4 is 10.5 Å². The van der Waals surface area contributed by atoms with Crippen LogP contribution in [0.5, 0.6) is 5.75 Å². The number of aromatic nitrogens is 1. The lowest BCUT2D eigenvalue weighted by molar-refractivity contribution is -0.274. The van der Waals surface area contributed by atoms with Gasteiger partial charge in [0.2, 0.25) is 0 Å². The molecule has 1 atom stereocenters. The number of halogens is 3. The predicted molar refractivity (Wildman–Crippen MR) is 74.1 cm³/mol. The fraction of sp³-hybridized carbons (Fsp3) is 0.357. The van der Waals surface area contributed by atoms with Crippen molar-refractivity contribution in [2.75, 3.05) is 0 Å². The van der Waals surface area contributed by atoms with E-state index in [-0.39, 0.29) is 11.8 Å². The molecule has 3 nitrogen and oxygen atoms in total. The molecule has 0 aliphatic heterocycles. The monoisotopic (exact) mass is 314 g/mol. The lowest BCUT2D eigenvalue weighted by Gasteiger charge is -2.15. The van der Waals surface area contributed by atoms with E-state index < -0.39 is 6.36 Å². The Hall–Kier alpha value is -1.60. The molecule has 1 aliphatic rings. The van der Waals surface area contributed by atoms with E-state index in [9.17, 15) is 13.2 Å². The van der Waals surface area contributed by atoms with Crippen molar-refractivity contribution in [3.05, 3.63) is 34.8 Å². The molecule has 0 amide bonds. The van der Waals surface area contributed by atoms with E-state index in [1.807, 2.05) is 0 Å². The fourth-order valence-corrected chi connectivity index (χ4v) is 3.60. The lowest BCUT2D eigenvalue weighted by atomic mass is 9.99. The van der Waals surface area contributed by atoms with Crippen LogP contribution >= 0.6 is 11.3 Å². The van der Waals surface area contributed by atoms with Crippen molar-refractivity contribution in [3.63, 3.8) is 0 Å². The molecule has 3 rings (SSSR count). The Morgan fingerprint density at radius 1 is 1.29 bits per heavy atom. The number of alkyl halides is 3. The van der Waals surface area contributed by atoms with Gasteiger partial charge in [0.05, 0.1) is 11.3 Å². The van der Waals surface area contributed by atoms with Gasteiger partial charge >= 0.3 is 6.36 Å². The smallest absolute Gasteiger partial charge is 0.405 e. The standard InChI is InChI=1S/C14H13F3N2OS/c15-14(16,17)20-11-7-2-1-4-8(11)13-19-10-6-3-5-9(18)12(10)21-13/h1-2,4,7,9H,3,5-6,18H2. The zero-order chi connectivity index (χ0) is 15.0. The van der Waals surface area contributed by atoms with Crippen molar-refractivity contribution in [1.82, 2.24) is 4.98 Å². The van der Waals surface area contributed by atoms with Gasteiger partial charge in [-0.15, -0.1) is 24.5 Å². The number of thiazole rings is 1. The molecule has 1 aromatic heterocycles. The van der Waals surface area contributed by atoms with Gasteiger partial charge in [0.25, 0.3) is 0 Å². The lowest BCUT2D eigenvalue weighted by Crippen LogP contribution is -2.17. The van der Waals surface area contributed by atoms with Crippen LogP contribution in [0, 0.1) is 0 Å². The second kappa shape index (κ2) is 5.31. The average molecular weight is 314 g/mol. The van der Waals surface area contributed by atoms with Gasteiger partial charge in [0.1, 0.15) is 10.8 Å². The third-order valence-electron chi connectivity index (χ3n) is 3.34. The first-order chi connectivity index (χ1) is 9.94. The molecule has 0 saturated carbocycles. The van der Waals surface area contributed by atoms with E-state index in [1.165, 1.54) is 23.5 Å².